The number of amides is 1. The van der Waals surface area contributed by atoms with Crippen LogP contribution in [0.4, 0.5) is 19.0 Å². The maximum atomic E-state index is 12.5. The van der Waals surface area contributed by atoms with Gasteiger partial charge in [0.05, 0.1) is 0 Å². The average Bonchev–Trinajstić information content (AvgIpc) is 2.38. The summed E-state index contributed by atoms with van der Waals surface area (Å²) in [4.78, 5) is 21.6. The van der Waals surface area contributed by atoms with Gasteiger partial charge in [-0.25, -0.2) is 9.97 Å². The van der Waals surface area contributed by atoms with Crippen LogP contribution >= 0.6 is 0 Å². The molecule has 0 aromatic carbocycles. The van der Waals surface area contributed by atoms with Crippen LogP contribution in [0.3, 0.4) is 0 Å². The van der Waals surface area contributed by atoms with Crippen LogP contribution in [-0.4, -0.2) is 47.0 Å². The molecular weight excluding hydrogens is 261 g/mol. The molecule has 5 nitrogen and oxygen atoms in total. The van der Waals surface area contributed by atoms with E-state index in [2.05, 4.69) is 9.97 Å². The molecule has 0 saturated carbocycles. The largest absolute Gasteiger partial charge is 0.433 e. The second-order valence-electron chi connectivity index (χ2n) is 4.25. The zero-order chi connectivity index (χ0) is 14.0. The summed E-state index contributed by atoms with van der Waals surface area (Å²) in [7, 11) is 0. The van der Waals surface area contributed by atoms with Gasteiger partial charge in [-0.15, -0.1) is 0 Å². The van der Waals surface area contributed by atoms with Gasteiger partial charge in [0.25, 0.3) is 0 Å². The molecule has 2 rings (SSSR count). The summed E-state index contributed by atoms with van der Waals surface area (Å²) in [6.45, 7) is 3.38. The van der Waals surface area contributed by atoms with Crippen molar-refractivity contribution in [2.45, 2.75) is 13.1 Å². The number of halogens is 3. The van der Waals surface area contributed by atoms with E-state index in [1.807, 2.05) is 0 Å². The molecule has 19 heavy (non-hydrogen) atoms. The normalized spacial score (nSPS) is 16.6. The van der Waals surface area contributed by atoms with E-state index in [4.69, 9.17) is 0 Å². The standard InChI is InChI=1S/C11H13F3N4O/c1-8(19)17-2-4-18(5-3-17)10-6-9(11(12,13)14)15-7-16-10/h6-7H,2-5H2,1H3. The average molecular weight is 274 g/mol. The minimum atomic E-state index is -4.47. The number of nitrogens with zero attached hydrogens (tertiary/aromatic N) is 4. The van der Waals surface area contributed by atoms with Crippen molar-refractivity contribution in [1.82, 2.24) is 14.9 Å². The van der Waals surface area contributed by atoms with E-state index in [1.54, 1.807) is 9.80 Å². The van der Waals surface area contributed by atoms with Gasteiger partial charge >= 0.3 is 6.18 Å². The van der Waals surface area contributed by atoms with Crippen LogP contribution in [-0.2, 0) is 11.0 Å². The van der Waals surface area contributed by atoms with Crippen LogP contribution in [0.1, 0.15) is 12.6 Å². The molecule has 1 amide bonds. The lowest BCUT2D eigenvalue weighted by Gasteiger charge is -2.34. The van der Waals surface area contributed by atoms with Crippen LogP contribution < -0.4 is 4.90 Å². The van der Waals surface area contributed by atoms with Crippen molar-refractivity contribution >= 4 is 11.7 Å². The molecule has 1 aliphatic rings. The Kier molecular flexibility index (Phi) is 3.59. The molecule has 8 heteroatoms. The Morgan fingerprint density at radius 3 is 2.37 bits per heavy atom. The molecule has 0 unspecified atom stereocenters. The molecule has 1 aromatic rings. The molecule has 104 valence electrons. The summed E-state index contributed by atoms with van der Waals surface area (Å²) in [5.74, 6) is 0.212. The van der Waals surface area contributed by atoms with Crippen molar-refractivity contribution in [2.75, 3.05) is 31.1 Å². The first-order valence-electron chi connectivity index (χ1n) is 5.77. The van der Waals surface area contributed by atoms with Crippen molar-refractivity contribution in [2.24, 2.45) is 0 Å². The highest BCUT2D eigenvalue weighted by Crippen LogP contribution is 2.29. The monoisotopic (exact) mass is 274 g/mol. The van der Waals surface area contributed by atoms with E-state index >= 15 is 0 Å². The molecule has 1 aromatic heterocycles. The van der Waals surface area contributed by atoms with E-state index in [0.717, 1.165) is 12.4 Å². The third-order valence-corrected chi connectivity index (χ3v) is 2.99. The molecular formula is C11H13F3N4O. The SMILES string of the molecule is CC(=O)N1CCN(c2cc(C(F)(F)F)ncn2)CC1. The fourth-order valence-corrected chi connectivity index (χ4v) is 1.93. The minimum Gasteiger partial charge on any atom is -0.353 e. The molecule has 0 spiro atoms. The van der Waals surface area contributed by atoms with E-state index in [9.17, 15) is 18.0 Å². The van der Waals surface area contributed by atoms with E-state index in [1.165, 1.54) is 6.92 Å². The Hall–Kier alpha value is -1.86. The zero-order valence-corrected chi connectivity index (χ0v) is 10.3. The van der Waals surface area contributed by atoms with Crippen LogP contribution in [0.15, 0.2) is 12.4 Å². The fraction of sp³-hybridized carbons (Fsp3) is 0.545. The van der Waals surface area contributed by atoms with Crippen molar-refractivity contribution in [1.29, 1.82) is 0 Å². The summed E-state index contributed by atoms with van der Waals surface area (Å²) >= 11 is 0. The third-order valence-electron chi connectivity index (χ3n) is 2.99. The van der Waals surface area contributed by atoms with E-state index in [-0.39, 0.29) is 11.7 Å². The van der Waals surface area contributed by atoms with Crippen LogP contribution in [0, 0.1) is 0 Å². The van der Waals surface area contributed by atoms with Gasteiger partial charge in [-0.3, -0.25) is 4.79 Å². The topological polar surface area (TPSA) is 49.3 Å². The van der Waals surface area contributed by atoms with Crippen molar-refractivity contribution < 1.29 is 18.0 Å². The van der Waals surface area contributed by atoms with Crippen molar-refractivity contribution in [3.8, 4) is 0 Å². The number of anilines is 1. The van der Waals surface area contributed by atoms with Gasteiger partial charge in [0, 0.05) is 39.2 Å². The molecule has 0 bridgehead atoms. The first kappa shape index (κ1) is 13.6. The summed E-state index contributed by atoms with van der Waals surface area (Å²) in [6, 6.07) is 0.934. The fourth-order valence-electron chi connectivity index (χ4n) is 1.93. The number of carbonyl (C=O) groups excluding carboxylic acids is 1. The predicted octanol–water partition coefficient (Wildman–Crippen LogP) is 1.16. The molecule has 0 aliphatic carbocycles. The number of hydrogen-bond donors (Lipinski definition) is 0. The molecule has 0 atom stereocenters. The summed E-state index contributed by atoms with van der Waals surface area (Å²) < 4.78 is 37.6. The summed E-state index contributed by atoms with van der Waals surface area (Å²) in [5.41, 5.74) is -0.952. The molecule has 1 fully saturated rings. The number of aromatic nitrogens is 2. The van der Waals surface area contributed by atoms with Gasteiger partial charge < -0.3 is 9.80 Å². The second-order valence-corrected chi connectivity index (χ2v) is 4.25. The predicted molar refractivity (Wildman–Crippen MR) is 61.5 cm³/mol. The molecule has 1 saturated heterocycles. The molecule has 1 aliphatic heterocycles. The lowest BCUT2D eigenvalue weighted by molar-refractivity contribution is -0.141. The van der Waals surface area contributed by atoms with E-state index in [0.29, 0.717) is 26.2 Å². The Morgan fingerprint density at radius 1 is 1.21 bits per heavy atom. The number of alkyl halides is 3. The Morgan fingerprint density at radius 2 is 1.84 bits per heavy atom. The Balaban J connectivity index is 2.10. The van der Waals surface area contributed by atoms with Gasteiger partial charge in [-0.1, -0.05) is 0 Å². The number of rotatable bonds is 1. The quantitative estimate of drug-likeness (QED) is 0.771. The lowest BCUT2D eigenvalue weighted by Crippen LogP contribution is -2.48. The summed E-state index contributed by atoms with van der Waals surface area (Å²) in [5, 5.41) is 0. The summed E-state index contributed by atoms with van der Waals surface area (Å²) in [6.07, 6.45) is -3.56. The highest BCUT2D eigenvalue weighted by atomic mass is 19.4. The van der Waals surface area contributed by atoms with Gasteiger partial charge in [0.15, 0.2) is 0 Å². The van der Waals surface area contributed by atoms with Crippen molar-refractivity contribution in [3.05, 3.63) is 18.1 Å². The van der Waals surface area contributed by atoms with Crippen LogP contribution in [0.5, 0.6) is 0 Å². The maximum absolute atomic E-state index is 12.5. The van der Waals surface area contributed by atoms with E-state index < -0.39 is 11.9 Å². The highest BCUT2D eigenvalue weighted by Gasteiger charge is 2.33. The highest BCUT2D eigenvalue weighted by molar-refractivity contribution is 5.73. The zero-order valence-electron chi connectivity index (χ0n) is 10.3. The Labute approximate surface area is 108 Å². The molecule has 0 N–H and O–H groups in total. The number of hydrogen-bond acceptors (Lipinski definition) is 4. The third kappa shape index (κ3) is 3.12. The van der Waals surface area contributed by atoms with Gasteiger partial charge in [-0.05, 0) is 0 Å². The number of piperazine rings is 1. The van der Waals surface area contributed by atoms with Crippen LogP contribution in [0.2, 0.25) is 0 Å². The van der Waals surface area contributed by atoms with Crippen molar-refractivity contribution in [3.63, 3.8) is 0 Å². The smallest absolute Gasteiger partial charge is 0.353 e. The maximum Gasteiger partial charge on any atom is 0.433 e. The van der Waals surface area contributed by atoms with Crippen LogP contribution in [0.25, 0.3) is 0 Å². The second kappa shape index (κ2) is 5.02. The number of carbonyl (C=O) groups is 1. The first-order chi connectivity index (χ1) is 8.88. The minimum absolute atomic E-state index is 0.0293. The lowest BCUT2D eigenvalue weighted by atomic mass is 10.3. The molecule has 2 heterocycles. The molecule has 0 radical (unpaired) electrons. The van der Waals surface area contributed by atoms with Gasteiger partial charge in [0.2, 0.25) is 5.91 Å². The first-order valence-corrected chi connectivity index (χ1v) is 5.77. The van der Waals surface area contributed by atoms with Gasteiger partial charge in [-0.2, -0.15) is 13.2 Å². The van der Waals surface area contributed by atoms with Gasteiger partial charge in [0.1, 0.15) is 17.8 Å². The Bertz CT molecular complexity index is 469.